The van der Waals surface area contributed by atoms with Crippen molar-refractivity contribution in [3.63, 3.8) is 0 Å². The van der Waals surface area contributed by atoms with Crippen molar-refractivity contribution in [1.29, 1.82) is 0 Å². The van der Waals surface area contributed by atoms with E-state index >= 15 is 0 Å². The van der Waals surface area contributed by atoms with Crippen LogP contribution in [0.2, 0.25) is 0 Å². The second kappa shape index (κ2) is 8.78. The number of nitrogens with one attached hydrogen (secondary N) is 2. The Morgan fingerprint density at radius 1 is 1.16 bits per heavy atom. The van der Waals surface area contributed by atoms with Gasteiger partial charge < -0.3 is 11.1 Å². The summed E-state index contributed by atoms with van der Waals surface area (Å²) in [6.45, 7) is 0. The van der Waals surface area contributed by atoms with Crippen LogP contribution in [0.15, 0.2) is 28.2 Å². The zero-order valence-corrected chi connectivity index (χ0v) is 15.8. The average Bonchev–Trinajstić information content (AvgIpc) is 2.55. The van der Waals surface area contributed by atoms with E-state index in [1.54, 1.807) is 17.1 Å². The molecule has 1 aromatic rings. The standard InChI is InChI=1S/C18H30N6S/c1-21-25-15-10-11-17(22-13-6-3-2-4-7-13)16(12-15)18(19)23-24(20)14-8-5-9-14/h10-14,21-22H,2-9,20H2,1H3,(H2,19,23). The van der Waals surface area contributed by atoms with Crippen molar-refractivity contribution < 1.29 is 0 Å². The molecular weight excluding hydrogens is 332 g/mol. The summed E-state index contributed by atoms with van der Waals surface area (Å²) in [4.78, 5) is 1.11. The van der Waals surface area contributed by atoms with Crippen LogP contribution >= 0.6 is 11.9 Å². The predicted octanol–water partition coefficient (Wildman–Crippen LogP) is 3.01. The number of hydrogen-bond acceptors (Lipinski definition) is 6. The molecule has 0 aliphatic heterocycles. The maximum absolute atomic E-state index is 6.34. The minimum Gasteiger partial charge on any atom is -0.382 e. The molecule has 0 aromatic heterocycles. The van der Waals surface area contributed by atoms with Crippen molar-refractivity contribution in [2.75, 3.05) is 12.4 Å². The lowest BCUT2D eigenvalue weighted by atomic mass is 9.93. The molecule has 0 radical (unpaired) electrons. The van der Waals surface area contributed by atoms with Gasteiger partial charge in [0.15, 0.2) is 5.84 Å². The van der Waals surface area contributed by atoms with Crippen molar-refractivity contribution in [1.82, 2.24) is 9.84 Å². The van der Waals surface area contributed by atoms with Crippen molar-refractivity contribution in [2.45, 2.75) is 68.3 Å². The SMILES string of the molecule is CNSc1ccc(NC2CCCCC2)c(/C(N)=N/N(N)C2CCC2)c1. The van der Waals surface area contributed by atoms with Crippen LogP contribution in [-0.2, 0) is 0 Å². The van der Waals surface area contributed by atoms with Crippen LogP contribution in [0.4, 0.5) is 5.69 Å². The van der Waals surface area contributed by atoms with E-state index in [0.29, 0.717) is 17.9 Å². The molecule has 2 fully saturated rings. The van der Waals surface area contributed by atoms with E-state index in [-0.39, 0.29) is 0 Å². The Hall–Kier alpha value is -1.44. The normalized spacial score (nSPS) is 19.5. The number of nitrogens with two attached hydrogens (primary N) is 2. The minimum atomic E-state index is 0.322. The Bertz CT molecular complexity index is 595. The van der Waals surface area contributed by atoms with Gasteiger partial charge in [-0.1, -0.05) is 19.3 Å². The zero-order chi connectivity index (χ0) is 17.6. The van der Waals surface area contributed by atoms with E-state index < -0.39 is 0 Å². The topological polar surface area (TPSA) is 91.7 Å². The van der Waals surface area contributed by atoms with Crippen molar-refractivity contribution in [3.8, 4) is 0 Å². The maximum atomic E-state index is 6.34. The lowest BCUT2D eigenvalue weighted by Gasteiger charge is -2.32. The summed E-state index contributed by atoms with van der Waals surface area (Å²) in [5.41, 5.74) is 8.32. The van der Waals surface area contributed by atoms with E-state index in [0.717, 1.165) is 29.0 Å². The Kier molecular flexibility index (Phi) is 6.45. The number of hydrazine groups is 1. The molecule has 25 heavy (non-hydrogen) atoms. The molecule has 1 aromatic carbocycles. The van der Waals surface area contributed by atoms with Crippen LogP contribution < -0.4 is 21.6 Å². The van der Waals surface area contributed by atoms with Crippen LogP contribution in [0.25, 0.3) is 0 Å². The molecule has 0 saturated heterocycles. The molecule has 6 N–H and O–H groups in total. The van der Waals surface area contributed by atoms with Gasteiger partial charge in [0.1, 0.15) is 0 Å². The fourth-order valence-electron chi connectivity index (χ4n) is 3.42. The Balaban J connectivity index is 1.81. The van der Waals surface area contributed by atoms with E-state index in [9.17, 15) is 0 Å². The summed E-state index contributed by atoms with van der Waals surface area (Å²) in [6, 6.07) is 7.14. The van der Waals surface area contributed by atoms with Crippen LogP contribution in [0.3, 0.4) is 0 Å². The zero-order valence-electron chi connectivity index (χ0n) is 15.0. The van der Waals surface area contributed by atoms with Gasteiger partial charge in [-0.3, -0.25) is 4.72 Å². The van der Waals surface area contributed by atoms with Crippen molar-refractivity contribution in [3.05, 3.63) is 23.8 Å². The molecule has 0 amide bonds. The quantitative estimate of drug-likeness (QED) is 0.196. The summed E-state index contributed by atoms with van der Waals surface area (Å²) in [5, 5.41) is 9.68. The second-order valence-electron chi connectivity index (χ2n) is 6.94. The fourth-order valence-corrected chi connectivity index (χ4v) is 3.97. The van der Waals surface area contributed by atoms with Gasteiger partial charge in [-0.25, -0.2) is 11.0 Å². The van der Waals surface area contributed by atoms with Gasteiger partial charge in [0.05, 0.1) is 6.04 Å². The van der Waals surface area contributed by atoms with E-state index in [1.165, 1.54) is 38.5 Å². The smallest absolute Gasteiger partial charge is 0.154 e. The average molecular weight is 363 g/mol. The summed E-state index contributed by atoms with van der Waals surface area (Å²) in [5.74, 6) is 6.55. The predicted molar refractivity (Wildman–Crippen MR) is 106 cm³/mol. The Labute approximate surface area is 154 Å². The molecule has 0 heterocycles. The number of hydrazone groups is 1. The lowest BCUT2D eigenvalue weighted by Crippen LogP contribution is -2.42. The van der Waals surface area contributed by atoms with Crippen molar-refractivity contribution in [2.24, 2.45) is 16.7 Å². The number of rotatable bonds is 7. The number of nitrogens with zero attached hydrogens (tertiary/aromatic N) is 2. The molecular formula is C18H30N6S. The highest BCUT2D eigenvalue weighted by Crippen LogP contribution is 2.28. The van der Waals surface area contributed by atoms with Gasteiger partial charge >= 0.3 is 0 Å². The molecule has 2 aliphatic carbocycles. The highest BCUT2D eigenvalue weighted by atomic mass is 32.2. The second-order valence-corrected chi connectivity index (χ2v) is 8.03. The van der Waals surface area contributed by atoms with Crippen molar-refractivity contribution >= 4 is 23.5 Å². The molecule has 0 bridgehead atoms. The lowest BCUT2D eigenvalue weighted by molar-refractivity contribution is 0.134. The van der Waals surface area contributed by atoms with Gasteiger partial charge in [-0.05, 0) is 69.3 Å². The van der Waals surface area contributed by atoms with Crippen LogP contribution in [0, 0.1) is 0 Å². The van der Waals surface area contributed by atoms with E-state index in [4.69, 9.17) is 11.6 Å². The van der Waals surface area contributed by atoms with Gasteiger partial charge in [-0.2, -0.15) is 0 Å². The first-order chi connectivity index (χ1) is 12.2. The largest absolute Gasteiger partial charge is 0.382 e. The number of anilines is 1. The number of amidine groups is 1. The van der Waals surface area contributed by atoms with Crippen LogP contribution in [-0.4, -0.2) is 30.1 Å². The maximum Gasteiger partial charge on any atom is 0.154 e. The first-order valence-corrected chi connectivity index (χ1v) is 10.1. The highest BCUT2D eigenvalue weighted by molar-refractivity contribution is 7.97. The van der Waals surface area contributed by atoms with Gasteiger partial charge in [-0.15, -0.1) is 5.10 Å². The third-order valence-electron chi connectivity index (χ3n) is 5.12. The molecule has 0 unspecified atom stereocenters. The third-order valence-corrected chi connectivity index (χ3v) is 5.82. The third kappa shape index (κ3) is 4.80. The molecule has 0 spiro atoms. The first kappa shape index (κ1) is 18.4. The summed E-state index contributed by atoms with van der Waals surface area (Å²) in [6.07, 6.45) is 9.77. The molecule has 138 valence electrons. The van der Waals surface area contributed by atoms with E-state index in [2.05, 4.69) is 33.3 Å². The van der Waals surface area contributed by atoms with Gasteiger partial charge in [0.25, 0.3) is 0 Å². The Morgan fingerprint density at radius 3 is 2.56 bits per heavy atom. The van der Waals surface area contributed by atoms with E-state index in [1.807, 2.05) is 7.05 Å². The van der Waals surface area contributed by atoms with Gasteiger partial charge in [0.2, 0.25) is 0 Å². The molecule has 2 aliphatic rings. The number of benzene rings is 1. The summed E-state index contributed by atoms with van der Waals surface area (Å²) >= 11 is 1.57. The molecule has 3 rings (SSSR count). The monoisotopic (exact) mass is 362 g/mol. The molecule has 0 atom stereocenters. The Morgan fingerprint density at radius 2 is 1.92 bits per heavy atom. The first-order valence-electron chi connectivity index (χ1n) is 9.30. The van der Waals surface area contributed by atoms with Crippen LogP contribution in [0.1, 0.15) is 56.9 Å². The fraction of sp³-hybridized carbons (Fsp3) is 0.611. The minimum absolute atomic E-state index is 0.322. The summed E-state index contributed by atoms with van der Waals surface area (Å²) in [7, 11) is 1.91. The molecule has 6 nitrogen and oxygen atoms in total. The molecule has 2 saturated carbocycles. The number of hydrogen-bond donors (Lipinski definition) is 4. The highest BCUT2D eigenvalue weighted by Gasteiger charge is 2.23. The molecule has 7 heteroatoms. The van der Waals surface area contributed by atoms with Gasteiger partial charge in [0, 0.05) is 22.2 Å². The van der Waals surface area contributed by atoms with Crippen LogP contribution in [0.5, 0.6) is 0 Å². The summed E-state index contributed by atoms with van der Waals surface area (Å²) < 4.78 is 3.11.